The van der Waals surface area contributed by atoms with Crippen LogP contribution in [0.15, 0.2) is 30.3 Å². The highest BCUT2D eigenvalue weighted by Gasteiger charge is 2.24. The lowest BCUT2D eigenvalue weighted by Crippen LogP contribution is -2.39. The van der Waals surface area contributed by atoms with Gasteiger partial charge in [0, 0.05) is 45.1 Å². The van der Waals surface area contributed by atoms with E-state index in [9.17, 15) is 9.59 Å². The number of rotatable bonds is 5. The molecule has 5 nitrogen and oxygen atoms in total. The third-order valence-electron chi connectivity index (χ3n) is 5.26. The van der Waals surface area contributed by atoms with Crippen LogP contribution in [0, 0.1) is 0 Å². The van der Waals surface area contributed by atoms with E-state index in [0.29, 0.717) is 32.0 Å². The van der Waals surface area contributed by atoms with Crippen LogP contribution in [0.2, 0.25) is 0 Å². The normalized spacial score (nSPS) is 20.4. The van der Waals surface area contributed by atoms with Gasteiger partial charge in [0.2, 0.25) is 11.8 Å². The Bertz CT molecular complexity index is 576. The Kier molecular flexibility index (Phi) is 8.39. The highest BCUT2D eigenvalue weighted by atomic mass is 35.5. The summed E-state index contributed by atoms with van der Waals surface area (Å²) in [5.74, 6) is 0.439. The number of hydrogen-bond donors (Lipinski definition) is 1. The highest BCUT2D eigenvalue weighted by Crippen LogP contribution is 2.13. The van der Waals surface area contributed by atoms with E-state index >= 15 is 0 Å². The van der Waals surface area contributed by atoms with Crippen molar-refractivity contribution in [1.82, 2.24) is 15.1 Å². The Hall–Kier alpha value is -1.59. The topological polar surface area (TPSA) is 52.7 Å². The number of benzene rings is 1. The van der Waals surface area contributed by atoms with Crippen LogP contribution < -0.4 is 5.32 Å². The maximum Gasteiger partial charge on any atom is 0.224 e. The molecule has 144 valence electrons. The van der Waals surface area contributed by atoms with Crippen molar-refractivity contribution in [3.63, 3.8) is 0 Å². The first-order valence-corrected chi connectivity index (χ1v) is 9.55. The van der Waals surface area contributed by atoms with E-state index in [1.54, 1.807) is 0 Å². The van der Waals surface area contributed by atoms with Crippen LogP contribution in [0.25, 0.3) is 0 Å². The highest BCUT2D eigenvalue weighted by molar-refractivity contribution is 5.85. The molecule has 3 rings (SSSR count). The van der Waals surface area contributed by atoms with Gasteiger partial charge in [-0.3, -0.25) is 9.59 Å². The fourth-order valence-corrected chi connectivity index (χ4v) is 3.74. The van der Waals surface area contributed by atoms with Crippen molar-refractivity contribution in [3.05, 3.63) is 35.9 Å². The Morgan fingerprint density at radius 2 is 1.65 bits per heavy atom. The lowest BCUT2D eigenvalue weighted by Gasteiger charge is -2.23. The fraction of sp³-hybridized carbons (Fsp3) is 0.600. The molecule has 6 heteroatoms. The smallest absolute Gasteiger partial charge is 0.224 e. The minimum absolute atomic E-state index is 0. The zero-order valence-electron chi connectivity index (χ0n) is 15.4. The molecule has 0 bridgehead atoms. The first-order valence-electron chi connectivity index (χ1n) is 9.55. The summed E-state index contributed by atoms with van der Waals surface area (Å²) in [6.45, 7) is 3.90. The summed E-state index contributed by atoms with van der Waals surface area (Å²) in [5, 5.41) is 3.39. The summed E-state index contributed by atoms with van der Waals surface area (Å²) in [4.78, 5) is 28.9. The van der Waals surface area contributed by atoms with Crippen molar-refractivity contribution < 1.29 is 9.59 Å². The molecule has 0 radical (unpaired) electrons. The van der Waals surface area contributed by atoms with Crippen LogP contribution in [-0.2, 0) is 16.0 Å². The van der Waals surface area contributed by atoms with E-state index < -0.39 is 0 Å². The molecule has 1 N–H and O–H groups in total. The Morgan fingerprint density at radius 3 is 2.31 bits per heavy atom. The molecule has 2 aliphatic rings. The van der Waals surface area contributed by atoms with Crippen LogP contribution in [-0.4, -0.2) is 60.4 Å². The third kappa shape index (κ3) is 5.99. The van der Waals surface area contributed by atoms with Crippen LogP contribution in [0.3, 0.4) is 0 Å². The van der Waals surface area contributed by atoms with Crippen LogP contribution >= 0.6 is 12.4 Å². The van der Waals surface area contributed by atoms with Gasteiger partial charge in [0.1, 0.15) is 0 Å². The molecular weight excluding hydrogens is 350 g/mol. The van der Waals surface area contributed by atoms with Gasteiger partial charge in [-0.2, -0.15) is 0 Å². The predicted molar refractivity (Wildman–Crippen MR) is 105 cm³/mol. The Balaban J connectivity index is 0.00000243. The molecule has 0 spiro atoms. The number of nitrogens with zero attached hydrogens (tertiary/aromatic N) is 2. The van der Waals surface area contributed by atoms with Gasteiger partial charge >= 0.3 is 0 Å². The maximum absolute atomic E-state index is 12.5. The second-order valence-electron chi connectivity index (χ2n) is 7.10. The van der Waals surface area contributed by atoms with Crippen molar-refractivity contribution in [2.75, 3.05) is 32.7 Å². The number of hydrogen-bond acceptors (Lipinski definition) is 3. The van der Waals surface area contributed by atoms with E-state index in [1.165, 1.54) is 12.0 Å². The zero-order valence-corrected chi connectivity index (χ0v) is 16.2. The van der Waals surface area contributed by atoms with Crippen LogP contribution in [0.5, 0.6) is 0 Å². The van der Waals surface area contributed by atoms with E-state index in [0.717, 1.165) is 38.9 Å². The largest absolute Gasteiger partial charge is 0.341 e. The Labute approximate surface area is 162 Å². The van der Waals surface area contributed by atoms with Crippen molar-refractivity contribution in [1.29, 1.82) is 0 Å². The number of aryl methyl sites for hydroxylation is 1. The van der Waals surface area contributed by atoms with E-state index in [-0.39, 0.29) is 24.2 Å². The standard InChI is InChI=1S/C20H29N3O2.ClH/c24-19(10-9-17-6-2-1-3-7-17)22-12-5-13-23(15-14-22)20(25)16-18-8-4-11-21-18;/h1-3,6-7,18,21H,4-5,8-16H2;1H. The quantitative estimate of drug-likeness (QED) is 0.853. The Morgan fingerprint density at radius 1 is 0.962 bits per heavy atom. The van der Waals surface area contributed by atoms with E-state index in [2.05, 4.69) is 17.4 Å². The summed E-state index contributed by atoms with van der Waals surface area (Å²) in [5.41, 5.74) is 1.20. The molecule has 1 unspecified atom stereocenters. The van der Waals surface area contributed by atoms with Crippen LogP contribution in [0.1, 0.15) is 37.7 Å². The van der Waals surface area contributed by atoms with Gasteiger partial charge in [-0.05, 0) is 37.8 Å². The van der Waals surface area contributed by atoms with Gasteiger partial charge in [-0.1, -0.05) is 30.3 Å². The zero-order chi connectivity index (χ0) is 17.5. The van der Waals surface area contributed by atoms with Gasteiger partial charge in [0.25, 0.3) is 0 Å². The van der Waals surface area contributed by atoms with Gasteiger partial charge in [-0.15, -0.1) is 12.4 Å². The van der Waals surface area contributed by atoms with Crippen molar-refractivity contribution in [2.45, 2.75) is 44.6 Å². The minimum Gasteiger partial charge on any atom is -0.341 e. The molecule has 1 atom stereocenters. The third-order valence-corrected chi connectivity index (χ3v) is 5.26. The van der Waals surface area contributed by atoms with E-state index in [4.69, 9.17) is 0 Å². The molecule has 1 aromatic carbocycles. The van der Waals surface area contributed by atoms with Crippen molar-refractivity contribution >= 4 is 24.2 Å². The lowest BCUT2D eigenvalue weighted by atomic mass is 10.1. The molecule has 26 heavy (non-hydrogen) atoms. The number of amides is 2. The van der Waals surface area contributed by atoms with Crippen molar-refractivity contribution in [2.24, 2.45) is 0 Å². The summed E-state index contributed by atoms with van der Waals surface area (Å²) in [7, 11) is 0. The van der Waals surface area contributed by atoms with Gasteiger partial charge in [0.05, 0.1) is 0 Å². The molecule has 0 aromatic heterocycles. The number of carbonyl (C=O) groups is 2. The summed E-state index contributed by atoms with van der Waals surface area (Å²) in [6.07, 6.45) is 5.07. The number of nitrogens with one attached hydrogen (secondary N) is 1. The summed E-state index contributed by atoms with van der Waals surface area (Å²) < 4.78 is 0. The first kappa shape index (κ1) is 20.7. The molecule has 0 aliphatic carbocycles. The molecule has 2 amide bonds. The fourth-order valence-electron chi connectivity index (χ4n) is 3.74. The second-order valence-corrected chi connectivity index (χ2v) is 7.10. The van der Waals surface area contributed by atoms with Gasteiger partial charge < -0.3 is 15.1 Å². The van der Waals surface area contributed by atoms with Crippen molar-refractivity contribution in [3.8, 4) is 0 Å². The second kappa shape index (κ2) is 10.5. The summed E-state index contributed by atoms with van der Waals surface area (Å²) in [6, 6.07) is 10.5. The minimum atomic E-state index is 0. The predicted octanol–water partition coefficient (Wildman–Crippen LogP) is 2.24. The molecule has 2 saturated heterocycles. The number of halogens is 1. The maximum atomic E-state index is 12.5. The van der Waals surface area contributed by atoms with Gasteiger partial charge in [0.15, 0.2) is 0 Å². The molecular formula is C20H30ClN3O2. The molecule has 0 saturated carbocycles. The molecule has 2 aliphatic heterocycles. The molecule has 2 heterocycles. The van der Waals surface area contributed by atoms with Gasteiger partial charge in [-0.25, -0.2) is 0 Å². The SMILES string of the molecule is Cl.O=C(CCc1ccccc1)N1CCCN(C(=O)CC2CCCN2)CC1. The van der Waals surface area contributed by atoms with Crippen LogP contribution in [0.4, 0.5) is 0 Å². The van der Waals surface area contributed by atoms with E-state index in [1.807, 2.05) is 28.0 Å². The monoisotopic (exact) mass is 379 g/mol. The first-order chi connectivity index (χ1) is 12.2. The molecule has 2 fully saturated rings. The molecule has 1 aromatic rings. The average Bonchev–Trinajstić information content (AvgIpc) is 3.01. The average molecular weight is 380 g/mol. The lowest BCUT2D eigenvalue weighted by molar-refractivity contribution is -0.133. The number of carbonyl (C=O) groups excluding carboxylic acids is 2. The summed E-state index contributed by atoms with van der Waals surface area (Å²) >= 11 is 0.